The SMILES string of the molecule is Cc1cc(-c2cccn2C)ccc1-c1cc2cnc(Nc3ccc(N4CCNCC4)c(C)c3)nc2n(-c2nccs2)c1=O. The molecule has 1 aliphatic rings. The van der Waals surface area contributed by atoms with Gasteiger partial charge >= 0.3 is 0 Å². The van der Waals surface area contributed by atoms with Crippen LogP contribution in [-0.2, 0) is 7.05 Å². The lowest BCUT2D eigenvalue weighted by Crippen LogP contribution is -2.43. The van der Waals surface area contributed by atoms with Crippen LogP contribution in [-0.4, -0.2) is 50.3 Å². The van der Waals surface area contributed by atoms with Crippen molar-refractivity contribution in [2.24, 2.45) is 7.05 Å². The van der Waals surface area contributed by atoms with Crippen LogP contribution in [0.5, 0.6) is 0 Å². The van der Waals surface area contributed by atoms with Crippen molar-refractivity contribution >= 4 is 39.7 Å². The summed E-state index contributed by atoms with van der Waals surface area (Å²) < 4.78 is 3.69. The fraction of sp³-hybridized carbons (Fsp3) is 0.212. The average molecular weight is 589 g/mol. The first-order chi connectivity index (χ1) is 21.0. The Balaban J connectivity index is 1.28. The molecule has 9 nitrogen and oxygen atoms in total. The van der Waals surface area contributed by atoms with Crippen molar-refractivity contribution in [1.82, 2.24) is 29.4 Å². The van der Waals surface area contributed by atoms with E-state index in [0.29, 0.717) is 22.3 Å². The molecule has 6 aromatic rings. The number of thiazole rings is 1. The van der Waals surface area contributed by atoms with E-state index in [4.69, 9.17) is 4.98 Å². The fourth-order valence-electron chi connectivity index (χ4n) is 5.86. The van der Waals surface area contributed by atoms with E-state index in [9.17, 15) is 4.79 Å². The molecular weight excluding hydrogens is 556 g/mol. The van der Waals surface area contributed by atoms with Gasteiger partial charge in [0, 0.05) is 85.2 Å². The normalized spacial score (nSPS) is 13.5. The van der Waals surface area contributed by atoms with E-state index in [1.54, 1.807) is 17.0 Å². The molecule has 43 heavy (non-hydrogen) atoms. The third-order valence-electron chi connectivity index (χ3n) is 8.02. The summed E-state index contributed by atoms with van der Waals surface area (Å²) in [5.74, 6) is 0.419. The molecule has 0 spiro atoms. The molecule has 0 atom stereocenters. The lowest BCUT2D eigenvalue weighted by Gasteiger charge is -2.30. The van der Waals surface area contributed by atoms with Crippen molar-refractivity contribution in [2.75, 3.05) is 36.4 Å². The molecule has 0 saturated carbocycles. The molecule has 0 aliphatic carbocycles. The number of pyridine rings is 1. The van der Waals surface area contributed by atoms with E-state index in [0.717, 1.165) is 59.6 Å². The quantitative estimate of drug-likeness (QED) is 0.259. The van der Waals surface area contributed by atoms with Gasteiger partial charge in [-0.2, -0.15) is 4.98 Å². The van der Waals surface area contributed by atoms with Crippen LogP contribution in [0.3, 0.4) is 0 Å². The number of benzene rings is 2. The molecule has 4 aromatic heterocycles. The van der Waals surface area contributed by atoms with Crippen molar-refractivity contribution in [3.63, 3.8) is 0 Å². The van der Waals surface area contributed by atoms with Crippen LogP contribution >= 0.6 is 11.3 Å². The molecule has 7 rings (SSSR count). The Morgan fingerprint density at radius 1 is 0.953 bits per heavy atom. The number of piperazine rings is 1. The number of aryl methyl sites for hydroxylation is 3. The summed E-state index contributed by atoms with van der Waals surface area (Å²) >= 11 is 1.40. The fourth-order valence-corrected chi connectivity index (χ4v) is 6.50. The van der Waals surface area contributed by atoms with Gasteiger partial charge in [-0.1, -0.05) is 12.1 Å². The van der Waals surface area contributed by atoms with E-state index in [1.165, 1.54) is 22.6 Å². The molecule has 2 N–H and O–H groups in total. The van der Waals surface area contributed by atoms with Crippen LogP contribution in [0.25, 0.3) is 38.5 Å². The molecule has 0 radical (unpaired) electrons. The minimum absolute atomic E-state index is 0.168. The van der Waals surface area contributed by atoms with E-state index in [2.05, 4.69) is 73.4 Å². The Hall–Kier alpha value is -4.80. The van der Waals surface area contributed by atoms with Gasteiger partial charge in [0.15, 0.2) is 10.8 Å². The predicted molar refractivity (Wildman–Crippen MR) is 175 cm³/mol. The number of nitrogens with one attached hydrogen (secondary N) is 2. The molecule has 1 aliphatic heterocycles. The lowest BCUT2D eigenvalue weighted by molar-refractivity contribution is 0.588. The maximum Gasteiger partial charge on any atom is 0.266 e. The summed E-state index contributed by atoms with van der Waals surface area (Å²) in [7, 11) is 2.03. The van der Waals surface area contributed by atoms with Gasteiger partial charge in [-0.15, -0.1) is 11.3 Å². The summed E-state index contributed by atoms with van der Waals surface area (Å²) in [5.41, 5.74) is 8.35. The Morgan fingerprint density at radius 3 is 2.53 bits per heavy atom. The number of hydrogen-bond donors (Lipinski definition) is 2. The van der Waals surface area contributed by atoms with Crippen molar-refractivity contribution < 1.29 is 0 Å². The minimum atomic E-state index is -0.168. The van der Waals surface area contributed by atoms with E-state index >= 15 is 0 Å². The summed E-state index contributed by atoms with van der Waals surface area (Å²) in [4.78, 5) is 30.5. The summed E-state index contributed by atoms with van der Waals surface area (Å²) in [6.45, 7) is 8.14. The van der Waals surface area contributed by atoms with Gasteiger partial charge in [-0.05, 0) is 78.6 Å². The standard InChI is InChI=1S/C33H32N8OS/c1-21-17-23(29-5-4-13-39(29)3)6-8-26(21)27-19-24-20-36-32(38-30(24)41(31(27)42)33-35-12-16-43-33)37-25-7-9-28(22(2)18-25)40-14-10-34-11-15-40/h4-9,12-13,16-20,34H,10-11,14-15H2,1-3H3,(H,36,37,38). The number of nitrogens with zero attached hydrogens (tertiary/aromatic N) is 6. The van der Waals surface area contributed by atoms with Gasteiger partial charge in [0.1, 0.15) is 0 Å². The zero-order valence-corrected chi connectivity index (χ0v) is 25.2. The zero-order valence-electron chi connectivity index (χ0n) is 24.3. The summed E-state index contributed by atoms with van der Waals surface area (Å²) in [6, 6.07) is 18.5. The second-order valence-corrected chi connectivity index (χ2v) is 11.8. The molecular formula is C33H32N8OS. The van der Waals surface area contributed by atoms with Gasteiger partial charge in [0.05, 0.1) is 0 Å². The van der Waals surface area contributed by atoms with Crippen molar-refractivity contribution in [3.8, 4) is 27.5 Å². The first kappa shape index (κ1) is 27.1. The molecule has 0 unspecified atom stereocenters. The summed E-state index contributed by atoms with van der Waals surface area (Å²) in [6.07, 6.45) is 5.50. The Morgan fingerprint density at radius 2 is 1.81 bits per heavy atom. The van der Waals surface area contributed by atoms with E-state index in [1.807, 2.05) is 43.7 Å². The van der Waals surface area contributed by atoms with Gasteiger partial charge in [0.2, 0.25) is 5.95 Å². The lowest BCUT2D eigenvalue weighted by atomic mass is 9.97. The molecule has 0 bridgehead atoms. The molecule has 5 heterocycles. The minimum Gasteiger partial charge on any atom is -0.369 e. The maximum atomic E-state index is 14.1. The average Bonchev–Trinajstić information content (AvgIpc) is 3.70. The third-order valence-corrected chi connectivity index (χ3v) is 8.77. The molecule has 1 fully saturated rings. The molecule has 0 amide bonds. The van der Waals surface area contributed by atoms with Crippen molar-refractivity contribution in [2.45, 2.75) is 13.8 Å². The second-order valence-electron chi connectivity index (χ2n) is 10.9. The Kier molecular flexibility index (Phi) is 7.00. The first-order valence-corrected chi connectivity index (χ1v) is 15.2. The Labute approximate surface area is 253 Å². The topological polar surface area (TPSA) is 92.9 Å². The van der Waals surface area contributed by atoms with Gasteiger partial charge < -0.3 is 20.1 Å². The number of fused-ring (bicyclic) bond motifs is 1. The van der Waals surface area contributed by atoms with Gasteiger partial charge in [0.25, 0.3) is 5.56 Å². The number of anilines is 3. The largest absolute Gasteiger partial charge is 0.369 e. The highest BCUT2D eigenvalue weighted by atomic mass is 32.1. The van der Waals surface area contributed by atoms with Gasteiger partial charge in [-0.25, -0.2) is 14.5 Å². The van der Waals surface area contributed by atoms with Gasteiger partial charge in [-0.3, -0.25) is 4.79 Å². The van der Waals surface area contributed by atoms with Crippen LogP contribution in [0, 0.1) is 13.8 Å². The van der Waals surface area contributed by atoms with Crippen LogP contribution in [0.4, 0.5) is 17.3 Å². The number of hydrogen-bond acceptors (Lipinski definition) is 8. The third kappa shape index (κ3) is 5.09. The summed E-state index contributed by atoms with van der Waals surface area (Å²) in [5, 5.41) is 9.94. The zero-order chi connectivity index (χ0) is 29.5. The molecule has 216 valence electrons. The highest BCUT2D eigenvalue weighted by Gasteiger charge is 2.19. The van der Waals surface area contributed by atoms with Crippen molar-refractivity contribution in [1.29, 1.82) is 0 Å². The number of aromatic nitrogens is 5. The molecule has 2 aromatic carbocycles. The smallest absolute Gasteiger partial charge is 0.266 e. The maximum absolute atomic E-state index is 14.1. The highest BCUT2D eigenvalue weighted by Crippen LogP contribution is 2.30. The van der Waals surface area contributed by atoms with Crippen molar-refractivity contribution in [3.05, 3.63) is 100 Å². The predicted octanol–water partition coefficient (Wildman–Crippen LogP) is 5.68. The Bertz CT molecular complexity index is 2000. The van der Waals surface area contributed by atoms with E-state index < -0.39 is 0 Å². The second kappa shape index (κ2) is 11.1. The van der Waals surface area contributed by atoms with Crippen LogP contribution in [0.2, 0.25) is 0 Å². The highest BCUT2D eigenvalue weighted by molar-refractivity contribution is 7.12. The number of rotatable bonds is 6. The van der Waals surface area contributed by atoms with E-state index in [-0.39, 0.29) is 5.56 Å². The molecule has 10 heteroatoms. The molecule has 1 saturated heterocycles. The van der Waals surface area contributed by atoms with Crippen LogP contribution in [0.15, 0.2) is 83.4 Å². The monoisotopic (exact) mass is 588 g/mol. The van der Waals surface area contributed by atoms with Crippen LogP contribution in [0.1, 0.15) is 11.1 Å². The first-order valence-electron chi connectivity index (χ1n) is 14.3. The van der Waals surface area contributed by atoms with Crippen LogP contribution < -0.4 is 21.1 Å².